The van der Waals surface area contributed by atoms with Crippen LogP contribution >= 0.6 is 15.9 Å². The van der Waals surface area contributed by atoms with Gasteiger partial charge in [0.05, 0.1) is 61.3 Å². The van der Waals surface area contributed by atoms with Gasteiger partial charge in [-0.05, 0) is 93.9 Å². The fourth-order valence-corrected chi connectivity index (χ4v) is 9.37. The number of aromatic nitrogens is 8. The summed E-state index contributed by atoms with van der Waals surface area (Å²) < 4.78 is 66.8. The summed E-state index contributed by atoms with van der Waals surface area (Å²) in [6.45, 7) is 13.9. The third-order valence-electron chi connectivity index (χ3n) is 13.4. The number of pyridine rings is 4. The van der Waals surface area contributed by atoms with Crippen molar-refractivity contribution in [3.63, 3.8) is 0 Å². The van der Waals surface area contributed by atoms with Gasteiger partial charge in [-0.2, -0.15) is 10.2 Å². The zero-order chi connectivity index (χ0) is 51.1. The number of methoxy groups -OCH3 is 2. The third-order valence-corrected chi connectivity index (χ3v) is 14.1. The van der Waals surface area contributed by atoms with Crippen LogP contribution in [0.5, 0.6) is 23.3 Å². The Bertz CT molecular complexity index is 3320. The number of halogens is 3. The molecule has 0 aliphatic carbocycles. The molecule has 8 aromatic rings. The maximum Gasteiger partial charge on any atom is 0.514 e. The summed E-state index contributed by atoms with van der Waals surface area (Å²) in [6, 6.07) is 14.0. The monoisotopic (exact) mass is 1040 g/mol. The lowest BCUT2D eigenvalue weighted by atomic mass is 9.84. The number of benzene rings is 2. The van der Waals surface area contributed by atoms with Crippen molar-refractivity contribution in [2.45, 2.75) is 78.7 Å². The minimum absolute atomic E-state index is 0.238. The minimum Gasteiger partial charge on any atom is -0.493 e. The lowest BCUT2D eigenvalue weighted by molar-refractivity contribution is 0.00578. The van der Waals surface area contributed by atoms with Gasteiger partial charge in [0.25, 0.3) is 0 Å². The number of hydrogen-bond donors (Lipinski definition) is 2. The molecule has 9 heterocycles. The number of nitrogens with one attached hydrogen (secondary N) is 2. The molecule has 1 fully saturated rings. The van der Waals surface area contributed by atoms with Crippen LogP contribution in [0.2, 0.25) is 0 Å². The molecule has 3 aliphatic heterocycles. The average Bonchev–Trinajstić information content (AvgIpc) is 4.20. The molecule has 16 nitrogen and oxygen atoms in total. The van der Waals surface area contributed by atoms with Crippen LogP contribution in [0.4, 0.5) is 20.4 Å². The van der Waals surface area contributed by atoms with Crippen LogP contribution in [0.15, 0.2) is 77.8 Å². The number of hydrogen-bond acceptors (Lipinski definition) is 14. The van der Waals surface area contributed by atoms with Gasteiger partial charge >= 0.3 is 7.12 Å². The number of nitrogens with zero attached hydrogens (tertiary/aromatic N) is 8. The van der Waals surface area contributed by atoms with Gasteiger partial charge in [0.15, 0.2) is 0 Å². The molecule has 0 unspecified atom stereocenters. The van der Waals surface area contributed by atoms with Gasteiger partial charge in [0, 0.05) is 131 Å². The number of ether oxygens (including phenoxy) is 4. The fraction of sp³-hybridized carbons (Fsp3) is 0.346. The van der Waals surface area contributed by atoms with Crippen molar-refractivity contribution in [3.8, 4) is 34.5 Å². The second-order valence-electron chi connectivity index (χ2n) is 18.6. The summed E-state index contributed by atoms with van der Waals surface area (Å²) in [5.74, 6) is 3.33. The molecule has 11 rings (SSSR count). The number of aryl methyl sites for hydroxylation is 4. The van der Waals surface area contributed by atoms with Gasteiger partial charge in [-0.25, -0.2) is 28.7 Å². The molecular formula is C52H56BBrF2N10O6. The quantitative estimate of drug-likeness (QED) is 0.125. The molecule has 374 valence electrons. The number of anilines is 2. The Morgan fingerprint density at radius 3 is 1.65 bits per heavy atom. The lowest BCUT2D eigenvalue weighted by Gasteiger charge is -2.32. The summed E-state index contributed by atoms with van der Waals surface area (Å²) in [4.78, 5) is 17.6. The van der Waals surface area contributed by atoms with Crippen LogP contribution in [0.3, 0.4) is 0 Å². The SMILES string of the molecule is COc1cc2c(-c3cc(C)nn3C)cnc(NCc3c(F)ccc4c3CCO4)c2cn1.COc1cc2c(Br)cnc(NCc3c(F)ccc4c3CCO4)c2cn1.Cc1cc(B2OC(C)(C)C(C)(C)O2)n(C)n1. The molecule has 6 aromatic heterocycles. The third kappa shape index (κ3) is 9.99. The zero-order valence-electron chi connectivity index (χ0n) is 41.9. The van der Waals surface area contributed by atoms with Crippen molar-refractivity contribution >= 4 is 61.8 Å². The number of rotatable bonds is 10. The van der Waals surface area contributed by atoms with E-state index in [2.05, 4.69) is 84.4 Å². The van der Waals surface area contributed by atoms with E-state index < -0.39 is 0 Å². The molecule has 3 aliphatic rings. The summed E-state index contributed by atoms with van der Waals surface area (Å²) in [5, 5.41) is 18.8. The van der Waals surface area contributed by atoms with E-state index in [4.69, 9.17) is 28.3 Å². The Labute approximate surface area is 425 Å². The molecule has 20 heteroatoms. The first kappa shape index (κ1) is 50.1. The van der Waals surface area contributed by atoms with Crippen LogP contribution in [-0.2, 0) is 49.3 Å². The van der Waals surface area contributed by atoms with Gasteiger partial charge in [0.1, 0.15) is 34.8 Å². The predicted octanol–water partition coefficient (Wildman–Crippen LogP) is 9.15. The maximum atomic E-state index is 14.5. The molecule has 0 spiro atoms. The van der Waals surface area contributed by atoms with Crippen molar-refractivity contribution in [3.05, 3.63) is 123 Å². The van der Waals surface area contributed by atoms with Gasteiger partial charge in [-0.3, -0.25) is 9.36 Å². The van der Waals surface area contributed by atoms with E-state index in [0.717, 1.165) is 83.3 Å². The minimum atomic E-state index is -0.323. The highest BCUT2D eigenvalue weighted by Gasteiger charge is 2.52. The molecule has 0 bridgehead atoms. The second kappa shape index (κ2) is 20.3. The molecule has 0 saturated carbocycles. The summed E-state index contributed by atoms with van der Waals surface area (Å²) in [5.41, 5.74) is 7.21. The second-order valence-corrected chi connectivity index (χ2v) is 19.5. The predicted molar refractivity (Wildman–Crippen MR) is 276 cm³/mol. The van der Waals surface area contributed by atoms with E-state index in [1.165, 1.54) is 12.1 Å². The molecular weight excluding hydrogens is 989 g/mol. The van der Waals surface area contributed by atoms with Gasteiger partial charge in [-0.1, -0.05) is 0 Å². The molecule has 1 saturated heterocycles. The standard InChI is InChI=1S/C23H22FN5O2.C18H15BrFN3O2.C11H19BN2O2/c1-13-8-20(29(2)28-13)17-11-27-23(18-12-25-22(30-3)9-15(17)18)26-10-16-14-6-7-31-21(14)5-4-19(16)24;1-24-17-6-11-13(8-21-17)18(23-9-14(11)19)22-7-12-10-4-5-25-16(10)3-2-15(12)20;1-8-7-9(14(6)13-8)12-15-10(2,3)11(4,5)16-12/h4-5,8-9,11-12H,6-7,10H2,1-3H3,(H,26,27);2-3,6,8-9H,4-5,7H2,1H3,(H,22,23);7H,1-6H3. The molecule has 0 amide bonds. The van der Waals surface area contributed by atoms with E-state index >= 15 is 0 Å². The highest BCUT2D eigenvalue weighted by Crippen LogP contribution is 2.38. The van der Waals surface area contributed by atoms with E-state index in [-0.39, 0.29) is 30.0 Å². The van der Waals surface area contributed by atoms with Crippen molar-refractivity contribution in [1.29, 1.82) is 0 Å². The first-order valence-corrected chi connectivity index (χ1v) is 24.3. The van der Waals surface area contributed by atoms with Crippen LogP contribution in [0, 0.1) is 25.5 Å². The van der Waals surface area contributed by atoms with Crippen LogP contribution in [0.25, 0.3) is 32.8 Å². The Morgan fingerprint density at radius 1 is 0.653 bits per heavy atom. The molecule has 2 N–H and O–H groups in total. The highest BCUT2D eigenvalue weighted by molar-refractivity contribution is 9.10. The molecule has 0 radical (unpaired) electrons. The Kier molecular flexibility index (Phi) is 14.1. The normalized spacial score (nSPS) is 14.9. The van der Waals surface area contributed by atoms with Crippen molar-refractivity contribution in [1.82, 2.24) is 39.5 Å². The molecule has 2 aromatic carbocycles. The summed E-state index contributed by atoms with van der Waals surface area (Å²) >= 11 is 3.49. The van der Waals surface area contributed by atoms with Gasteiger partial charge in [0.2, 0.25) is 11.8 Å². The summed E-state index contributed by atoms with van der Waals surface area (Å²) in [7, 11) is 6.65. The summed E-state index contributed by atoms with van der Waals surface area (Å²) in [6.07, 6.45) is 8.36. The van der Waals surface area contributed by atoms with Crippen LogP contribution < -0.4 is 35.2 Å². The van der Waals surface area contributed by atoms with E-state index in [1.807, 2.05) is 61.6 Å². The lowest BCUT2D eigenvalue weighted by Crippen LogP contribution is -2.41. The average molecular weight is 1050 g/mol. The van der Waals surface area contributed by atoms with E-state index in [9.17, 15) is 8.78 Å². The highest BCUT2D eigenvalue weighted by atomic mass is 79.9. The van der Waals surface area contributed by atoms with Gasteiger partial charge in [-0.15, -0.1) is 0 Å². The fourth-order valence-electron chi connectivity index (χ4n) is 8.94. The van der Waals surface area contributed by atoms with Crippen LogP contribution in [0.1, 0.15) is 61.3 Å². The van der Waals surface area contributed by atoms with Crippen LogP contribution in [-0.4, -0.2) is 85.3 Å². The topological polar surface area (TPSA) is 167 Å². The first-order valence-electron chi connectivity index (χ1n) is 23.5. The van der Waals surface area contributed by atoms with E-state index in [1.54, 1.807) is 51.1 Å². The van der Waals surface area contributed by atoms with Crippen molar-refractivity contribution < 1.29 is 37.0 Å². The maximum absolute atomic E-state index is 14.5. The van der Waals surface area contributed by atoms with Crippen molar-refractivity contribution in [2.75, 3.05) is 38.1 Å². The molecule has 72 heavy (non-hydrogen) atoms. The van der Waals surface area contributed by atoms with Crippen molar-refractivity contribution in [2.24, 2.45) is 14.1 Å². The zero-order valence-corrected chi connectivity index (χ0v) is 43.5. The smallest absolute Gasteiger partial charge is 0.493 e. The molecule has 0 atom stereocenters. The van der Waals surface area contributed by atoms with E-state index in [0.29, 0.717) is 67.2 Å². The Hall–Kier alpha value is -6.90. The van der Waals surface area contributed by atoms with Gasteiger partial charge < -0.3 is 38.9 Å². The largest absolute Gasteiger partial charge is 0.514 e. The Morgan fingerprint density at radius 2 is 1.15 bits per heavy atom. The Balaban J connectivity index is 0.000000140. The first-order chi connectivity index (χ1) is 34.4. The number of fused-ring (bicyclic) bond motifs is 4.